The number of pyridine rings is 1. The molecule has 28 heavy (non-hydrogen) atoms. The lowest BCUT2D eigenvalue weighted by Gasteiger charge is -2.33. The summed E-state index contributed by atoms with van der Waals surface area (Å²) in [5.41, 5.74) is 1.85. The molecule has 1 fully saturated rings. The van der Waals surface area contributed by atoms with Crippen molar-refractivity contribution >= 4 is 23.6 Å². The molecular formula is C22H27N3O2S. The first-order chi connectivity index (χ1) is 13.5. The average molecular weight is 398 g/mol. The summed E-state index contributed by atoms with van der Waals surface area (Å²) in [6.45, 7) is 5.28. The van der Waals surface area contributed by atoms with Crippen LogP contribution in [0.4, 0.5) is 0 Å². The summed E-state index contributed by atoms with van der Waals surface area (Å²) >= 11 is 1.73. The predicted octanol–water partition coefficient (Wildman–Crippen LogP) is 3.75. The molecule has 5 nitrogen and oxygen atoms in total. The van der Waals surface area contributed by atoms with Crippen LogP contribution in [0.15, 0.2) is 53.7 Å². The minimum atomic E-state index is -0.0440. The number of hydrogen-bond acceptors (Lipinski definition) is 4. The van der Waals surface area contributed by atoms with E-state index < -0.39 is 0 Å². The van der Waals surface area contributed by atoms with Gasteiger partial charge in [0.2, 0.25) is 5.91 Å². The molecule has 1 N–H and O–H groups in total. The molecule has 0 spiro atoms. The van der Waals surface area contributed by atoms with Crippen LogP contribution in [0.2, 0.25) is 0 Å². The van der Waals surface area contributed by atoms with E-state index in [1.54, 1.807) is 18.0 Å². The zero-order valence-corrected chi connectivity index (χ0v) is 17.2. The summed E-state index contributed by atoms with van der Waals surface area (Å²) in [7, 11) is 0. The van der Waals surface area contributed by atoms with Gasteiger partial charge in [-0.25, -0.2) is 0 Å². The monoisotopic (exact) mass is 397 g/mol. The van der Waals surface area contributed by atoms with Crippen LogP contribution in [0, 0.1) is 5.92 Å². The second kappa shape index (κ2) is 9.73. The molecule has 0 aliphatic carbocycles. The fourth-order valence-corrected chi connectivity index (χ4v) is 4.06. The third-order valence-corrected chi connectivity index (χ3v) is 5.96. The smallest absolute Gasteiger partial charge is 0.251 e. The number of carbonyl (C=O) groups is 2. The van der Waals surface area contributed by atoms with E-state index in [1.165, 1.54) is 5.56 Å². The van der Waals surface area contributed by atoms with Gasteiger partial charge in [-0.3, -0.25) is 14.6 Å². The van der Waals surface area contributed by atoms with E-state index in [-0.39, 0.29) is 23.8 Å². The fraction of sp³-hybridized carbons (Fsp3) is 0.409. The molecule has 148 valence electrons. The second-order valence-electron chi connectivity index (χ2n) is 7.40. The van der Waals surface area contributed by atoms with Gasteiger partial charge < -0.3 is 10.2 Å². The van der Waals surface area contributed by atoms with E-state index in [0.717, 1.165) is 23.5 Å². The van der Waals surface area contributed by atoms with Gasteiger partial charge in [0.1, 0.15) is 0 Å². The number of rotatable bonds is 6. The third-order valence-electron chi connectivity index (χ3n) is 4.88. The van der Waals surface area contributed by atoms with Gasteiger partial charge in [-0.2, -0.15) is 0 Å². The van der Waals surface area contributed by atoms with Gasteiger partial charge in [0.25, 0.3) is 5.91 Å². The average Bonchev–Trinajstić information content (AvgIpc) is 2.73. The Bertz CT molecular complexity index is 785. The highest BCUT2D eigenvalue weighted by Gasteiger charge is 2.25. The summed E-state index contributed by atoms with van der Waals surface area (Å²) in [5, 5.41) is 3.11. The number of benzene rings is 1. The Balaban J connectivity index is 1.46. The van der Waals surface area contributed by atoms with E-state index in [9.17, 15) is 9.59 Å². The van der Waals surface area contributed by atoms with Crippen molar-refractivity contribution < 1.29 is 9.59 Å². The Morgan fingerprint density at radius 3 is 2.50 bits per heavy atom. The van der Waals surface area contributed by atoms with Crippen molar-refractivity contribution in [2.24, 2.45) is 5.92 Å². The molecule has 1 aliphatic heterocycles. The maximum absolute atomic E-state index is 12.5. The highest BCUT2D eigenvalue weighted by Crippen LogP contribution is 2.23. The molecule has 2 amide bonds. The Hall–Kier alpha value is -2.34. The van der Waals surface area contributed by atoms with Crippen molar-refractivity contribution in [3.8, 4) is 0 Å². The zero-order chi connectivity index (χ0) is 19.9. The summed E-state index contributed by atoms with van der Waals surface area (Å²) in [6.07, 6.45) is 5.26. The van der Waals surface area contributed by atoms with Gasteiger partial charge in [-0.1, -0.05) is 19.9 Å². The van der Waals surface area contributed by atoms with Crippen LogP contribution >= 0.6 is 11.8 Å². The Morgan fingerprint density at radius 1 is 1.18 bits per heavy atom. The van der Waals surface area contributed by atoms with Crippen LogP contribution in [-0.2, 0) is 10.5 Å². The summed E-state index contributed by atoms with van der Waals surface area (Å²) < 4.78 is 0. The number of carbonyl (C=O) groups excluding carboxylic acids is 2. The molecule has 1 aliphatic rings. The highest BCUT2D eigenvalue weighted by atomic mass is 32.2. The van der Waals surface area contributed by atoms with Crippen molar-refractivity contribution in [3.63, 3.8) is 0 Å². The largest absolute Gasteiger partial charge is 0.349 e. The maximum atomic E-state index is 12.5. The van der Waals surface area contributed by atoms with Gasteiger partial charge in [-0.15, -0.1) is 11.8 Å². The predicted molar refractivity (Wildman–Crippen MR) is 112 cm³/mol. The van der Waals surface area contributed by atoms with Crippen molar-refractivity contribution in [1.82, 2.24) is 15.2 Å². The Labute approximate surface area is 170 Å². The van der Waals surface area contributed by atoms with Crippen LogP contribution in [0.3, 0.4) is 0 Å². The Morgan fingerprint density at radius 2 is 1.89 bits per heavy atom. The SMILES string of the molecule is CC(C)C(=O)N1CCC(NC(=O)c2ccc(SCc3cccnc3)cc2)CC1. The number of thioether (sulfide) groups is 1. The molecule has 3 rings (SSSR count). The minimum absolute atomic E-state index is 0.0284. The molecule has 1 aromatic carbocycles. The quantitative estimate of drug-likeness (QED) is 0.754. The molecule has 2 aromatic rings. The molecule has 1 saturated heterocycles. The first-order valence-electron chi connectivity index (χ1n) is 9.74. The van der Waals surface area contributed by atoms with Gasteiger partial charge in [0.05, 0.1) is 0 Å². The van der Waals surface area contributed by atoms with Crippen LogP contribution in [0.5, 0.6) is 0 Å². The molecule has 0 unspecified atom stereocenters. The normalized spacial score (nSPS) is 14.9. The Kier molecular flexibility index (Phi) is 7.09. The number of aromatic nitrogens is 1. The van der Waals surface area contributed by atoms with Crippen LogP contribution in [-0.4, -0.2) is 40.8 Å². The van der Waals surface area contributed by atoms with Crippen LogP contribution in [0.1, 0.15) is 42.6 Å². The van der Waals surface area contributed by atoms with Crippen molar-refractivity contribution in [3.05, 3.63) is 59.9 Å². The van der Waals surface area contributed by atoms with Crippen molar-refractivity contribution in [1.29, 1.82) is 0 Å². The second-order valence-corrected chi connectivity index (χ2v) is 8.45. The van der Waals surface area contributed by atoms with Crippen molar-refractivity contribution in [2.75, 3.05) is 13.1 Å². The van der Waals surface area contributed by atoms with E-state index in [0.29, 0.717) is 18.7 Å². The molecule has 2 heterocycles. The number of hydrogen-bond donors (Lipinski definition) is 1. The molecule has 0 bridgehead atoms. The lowest BCUT2D eigenvalue weighted by molar-refractivity contribution is -0.135. The van der Waals surface area contributed by atoms with Gasteiger partial charge in [0.15, 0.2) is 0 Å². The number of nitrogens with one attached hydrogen (secondary N) is 1. The van der Waals surface area contributed by atoms with E-state index in [4.69, 9.17) is 0 Å². The van der Waals surface area contributed by atoms with Gasteiger partial charge in [-0.05, 0) is 48.7 Å². The highest BCUT2D eigenvalue weighted by molar-refractivity contribution is 7.98. The lowest BCUT2D eigenvalue weighted by atomic mass is 10.0. The van der Waals surface area contributed by atoms with Crippen molar-refractivity contribution in [2.45, 2.75) is 43.4 Å². The van der Waals surface area contributed by atoms with Gasteiger partial charge in [0, 0.05) is 53.7 Å². The first-order valence-corrected chi connectivity index (χ1v) is 10.7. The number of nitrogens with zero attached hydrogens (tertiary/aromatic N) is 2. The number of amides is 2. The molecule has 6 heteroatoms. The number of piperidine rings is 1. The standard InChI is InChI=1S/C22H27N3O2S/c1-16(2)22(27)25-12-9-19(10-13-25)24-21(26)18-5-7-20(8-6-18)28-15-17-4-3-11-23-14-17/h3-8,11,14,16,19H,9-10,12-13,15H2,1-2H3,(H,24,26). The third kappa shape index (κ3) is 5.58. The minimum Gasteiger partial charge on any atom is -0.349 e. The first kappa shape index (κ1) is 20.4. The van der Waals surface area contributed by atoms with E-state index >= 15 is 0 Å². The summed E-state index contributed by atoms with van der Waals surface area (Å²) in [6, 6.07) is 11.8. The fourth-order valence-electron chi connectivity index (χ4n) is 3.23. The van der Waals surface area contributed by atoms with Gasteiger partial charge >= 0.3 is 0 Å². The van der Waals surface area contributed by atoms with Crippen LogP contribution in [0.25, 0.3) is 0 Å². The molecule has 0 radical (unpaired) electrons. The maximum Gasteiger partial charge on any atom is 0.251 e. The molecular weight excluding hydrogens is 370 g/mol. The van der Waals surface area contributed by atoms with Crippen LogP contribution < -0.4 is 5.32 Å². The van der Waals surface area contributed by atoms with E-state index in [1.807, 2.05) is 55.3 Å². The number of likely N-dealkylation sites (tertiary alicyclic amines) is 1. The molecule has 1 aromatic heterocycles. The molecule has 0 atom stereocenters. The lowest BCUT2D eigenvalue weighted by Crippen LogP contribution is -2.47. The topological polar surface area (TPSA) is 62.3 Å². The molecule has 0 saturated carbocycles. The summed E-state index contributed by atoms with van der Waals surface area (Å²) in [4.78, 5) is 31.7. The summed E-state index contributed by atoms with van der Waals surface area (Å²) in [5.74, 6) is 1.04. The van der Waals surface area contributed by atoms with E-state index in [2.05, 4.69) is 16.4 Å². The zero-order valence-electron chi connectivity index (χ0n) is 16.4.